The summed E-state index contributed by atoms with van der Waals surface area (Å²) in [7, 11) is 0. The van der Waals surface area contributed by atoms with Crippen LogP contribution in [0.5, 0.6) is 11.5 Å². The zero-order chi connectivity index (χ0) is 25.1. The lowest BCUT2D eigenvalue weighted by atomic mass is 10.1. The van der Waals surface area contributed by atoms with Crippen LogP contribution in [0.4, 0.5) is 4.39 Å². The van der Waals surface area contributed by atoms with Gasteiger partial charge in [0.15, 0.2) is 11.6 Å². The Balaban J connectivity index is 1.70. The first kappa shape index (κ1) is 28.9. The monoisotopic (exact) mass is 484 g/mol. The minimum Gasteiger partial charge on any atom is -0.491 e. The number of carbonyl (C=O) groups is 1. The van der Waals surface area contributed by atoms with E-state index in [1.807, 2.05) is 18.2 Å². The Morgan fingerprint density at radius 2 is 1.23 bits per heavy atom. The Bertz CT molecular complexity index is 832. The average molecular weight is 485 g/mol. The molecule has 0 aliphatic heterocycles. The molecule has 0 saturated carbocycles. The molecule has 0 aliphatic rings. The van der Waals surface area contributed by atoms with Crippen molar-refractivity contribution in [2.45, 2.75) is 110 Å². The van der Waals surface area contributed by atoms with E-state index in [4.69, 9.17) is 9.47 Å². The molecule has 0 unspecified atom stereocenters. The summed E-state index contributed by atoms with van der Waals surface area (Å²) >= 11 is 0. The number of halogens is 1. The third kappa shape index (κ3) is 12.2. The first-order valence-corrected chi connectivity index (χ1v) is 13.9. The number of carbonyl (C=O) groups excluding carboxylic acids is 1. The molecule has 3 nitrogen and oxygen atoms in total. The van der Waals surface area contributed by atoms with Crippen LogP contribution >= 0.6 is 0 Å². The molecule has 0 bridgehead atoms. The van der Waals surface area contributed by atoms with E-state index in [0.717, 1.165) is 36.8 Å². The Morgan fingerprint density at radius 3 is 1.83 bits per heavy atom. The van der Waals surface area contributed by atoms with E-state index < -0.39 is 0 Å². The summed E-state index contributed by atoms with van der Waals surface area (Å²) in [6, 6.07) is 12.3. The molecule has 0 atom stereocenters. The van der Waals surface area contributed by atoms with Crippen LogP contribution in [0.25, 0.3) is 11.1 Å². The molecule has 2 aromatic rings. The van der Waals surface area contributed by atoms with E-state index in [2.05, 4.69) is 13.8 Å². The summed E-state index contributed by atoms with van der Waals surface area (Å²) in [6.45, 7) is 4.97. The zero-order valence-electron chi connectivity index (χ0n) is 22.0. The summed E-state index contributed by atoms with van der Waals surface area (Å²) in [5, 5.41) is 0. The summed E-state index contributed by atoms with van der Waals surface area (Å²) in [5.41, 5.74) is 1.64. The molecular formula is C31H45FO3. The van der Waals surface area contributed by atoms with Crippen molar-refractivity contribution in [1.29, 1.82) is 0 Å². The first-order chi connectivity index (χ1) is 17.1. The van der Waals surface area contributed by atoms with Crippen LogP contribution in [-0.4, -0.2) is 12.6 Å². The Kier molecular flexibility index (Phi) is 14.8. The van der Waals surface area contributed by atoms with Crippen molar-refractivity contribution < 1.29 is 18.7 Å². The quantitative estimate of drug-likeness (QED) is 0.113. The van der Waals surface area contributed by atoms with Crippen LogP contribution in [0.15, 0.2) is 42.5 Å². The molecule has 2 aromatic carbocycles. The maximum absolute atomic E-state index is 14.6. The van der Waals surface area contributed by atoms with Gasteiger partial charge in [-0.1, -0.05) is 109 Å². The first-order valence-electron chi connectivity index (χ1n) is 13.9. The lowest BCUT2D eigenvalue weighted by Gasteiger charge is -2.10. The number of hydrogen-bond donors (Lipinski definition) is 0. The number of hydrogen-bond acceptors (Lipinski definition) is 3. The summed E-state index contributed by atoms with van der Waals surface area (Å²) in [5.74, 6) is 0.279. The lowest BCUT2D eigenvalue weighted by Crippen LogP contribution is -2.07. The summed E-state index contributed by atoms with van der Waals surface area (Å²) < 4.78 is 25.7. The van der Waals surface area contributed by atoms with Crippen LogP contribution in [0, 0.1) is 5.82 Å². The predicted molar refractivity (Wildman–Crippen MR) is 144 cm³/mol. The van der Waals surface area contributed by atoms with Gasteiger partial charge in [-0.05, 0) is 48.2 Å². The molecule has 0 aromatic heterocycles. The predicted octanol–water partition coefficient (Wildman–Crippen LogP) is 9.67. The number of esters is 1. The smallest absolute Gasteiger partial charge is 0.311 e. The maximum Gasteiger partial charge on any atom is 0.311 e. The van der Waals surface area contributed by atoms with Crippen LogP contribution in [-0.2, 0) is 4.79 Å². The van der Waals surface area contributed by atoms with Crippen molar-refractivity contribution >= 4 is 5.97 Å². The molecular weight excluding hydrogens is 439 g/mol. The molecule has 0 spiro atoms. The van der Waals surface area contributed by atoms with Crippen LogP contribution < -0.4 is 9.47 Å². The molecule has 0 fully saturated rings. The minimum absolute atomic E-state index is 0.197. The number of ether oxygens (including phenoxy) is 2. The van der Waals surface area contributed by atoms with Gasteiger partial charge in [0.05, 0.1) is 6.61 Å². The fourth-order valence-electron chi connectivity index (χ4n) is 4.16. The highest BCUT2D eigenvalue weighted by Gasteiger charge is 2.08. The third-order valence-electron chi connectivity index (χ3n) is 6.34. The Hall–Kier alpha value is -2.36. The Morgan fingerprint density at radius 1 is 0.686 bits per heavy atom. The number of unbranched alkanes of at least 4 members (excludes halogenated alkanes) is 12. The summed E-state index contributed by atoms with van der Waals surface area (Å²) in [6.07, 6.45) is 17.1. The van der Waals surface area contributed by atoms with Gasteiger partial charge in [0, 0.05) is 6.42 Å². The van der Waals surface area contributed by atoms with Gasteiger partial charge in [-0.15, -0.1) is 0 Å². The SMILES string of the molecule is CCCCCCCCCCOc1ccc(-c2ccc(OC(=O)CCCCCCCC)cc2)cc1F. The highest BCUT2D eigenvalue weighted by molar-refractivity contribution is 5.73. The van der Waals surface area contributed by atoms with Crippen molar-refractivity contribution in [1.82, 2.24) is 0 Å². The van der Waals surface area contributed by atoms with E-state index >= 15 is 0 Å². The molecule has 194 valence electrons. The molecule has 0 heterocycles. The standard InChI is InChI=1S/C31H45FO3/c1-3-5-7-9-11-12-14-16-24-34-30-23-20-27(25-29(30)32)26-18-21-28(22-19-26)35-31(33)17-15-13-10-8-6-4-2/h18-23,25H,3-17,24H2,1-2H3. The van der Waals surface area contributed by atoms with Gasteiger partial charge in [0.25, 0.3) is 0 Å². The summed E-state index contributed by atoms with van der Waals surface area (Å²) in [4.78, 5) is 12.1. The molecule has 0 amide bonds. The maximum atomic E-state index is 14.6. The minimum atomic E-state index is -0.350. The molecule has 0 radical (unpaired) electrons. The van der Waals surface area contributed by atoms with E-state index in [1.165, 1.54) is 70.3 Å². The lowest BCUT2D eigenvalue weighted by molar-refractivity contribution is -0.134. The van der Waals surface area contributed by atoms with Crippen LogP contribution in [0.2, 0.25) is 0 Å². The van der Waals surface area contributed by atoms with Crippen molar-refractivity contribution in [3.8, 4) is 22.6 Å². The van der Waals surface area contributed by atoms with Gasteiger partial charge in [0.2, 0.25) is 0 Å². The van der Waals surface area contributed by atoms with Crippen molar-refractivity contribution in [3.05, 3.63) is 48.3 Å². The molecule has 2 rings (SSSR count). The largest absolute Gasteiger partial charge is 0.491 e. The fourth-order valence-corrected chi connectivity index (χ4v) is 4.16. The van der Waals surface area contributed by atoms with E-state index in [-0.39, 0.29) is 11.8 Å². The second-order valence-corrected chi connectivity index (χ2v) is 9.48. The normalized spacial score (nSPS) is 10.9. The van der Waals surface area contributed by atoms with Gasteiger partial charge >= 0.3 is 5.97 Å². The zero-order valence-corrected chi connectivity index (χ0v) is 22.0. The highest BCUT2D eigenvalue weighted by atomic mass is 19.1. The van der Waals surface area contributed by atoms with Gasteiger partial charge in [-0.25, -0.2) is 4.39 Å². The average Bonchev–Trinajstić information content (AvgIpc) is 2.86. The highest BCUT2D eigenvalue weighted by Crippen LogP contribution is 2.27. The fraction of sp³-hybridized carbons (Fsp3) is 0.581. The van der Waals surface area contributed by atoms with Crippen molar-refractivity contribution in [2.24, 2.45) is 0 Å². The van der Waals surface area contributed by atoms with Gasteiger partial charge in [-0.2, -0.15) is 0 Å². The van der Waals surface area contributed by atoms with E-state index in [0.29, 0.717) is 24.5 Å². The van der Waals surface area contributed by atoms with Gasteiger partial charge < -0.3 is 9.47 Å². The third-order valence-corrected chi connectivity index (χ3v) is 6.34. The molecule has 0 aliphatic carbocycles. The van der Waals surface area contributed by atoms with Crippen LogP contribution in [0.3, 0.4) is 0 Å². The van der Waals surface area contributed by atoms with Crippen LogP contribution in [0.1, 0.15) is 110 Å². The number of benzene rings is 2. The van der Waals surface area contributed by atoms with E-state index in [9.17, 15) is 9.18 Å². The molecule has 35 heavy (non-hydrogen) atoms. The Labute approximate surface area is 212 Å². The second-order valence-electron chi connectivity index (χ2n) is 9.48. The van der Waals surface area contributed by atoms with Gasteiger partial charge in [-0.3, -0.25) is 4.79 Å². The topological polar surface area (TPSA) is 35.5 Å². The molecule has 0 N–H and O–H groups in total. The second kappa shape index (κ2) is 18.0. The van der Waals surface area contributed by atoms with Gasteiger partial charge in [0.1, 0.15) is 5.75 Å². The molecule has 4 heteroatoms. The van der Waals surface area contributed by atoms with E-state index in [1.54, 1.807) is 18.2 Å². The van der Waals surface area contributed by atoms with Crippen molar-refractivity contribution in [3.63, 3.8) is 0 Å². The van der Waals surface area contributed by atoms with Crippen molar-refractivity contribution in [2.75, 3.05) is 6.61 Å². The number of rotatable bonds is 19. The molecule has 0 saturated heterocycles.